The lowest BCUT2D eigenvalue weighted by Crippen LogP contribution is -2.10. The summed E-state index contributed by atoms with van der Waals surface area (Å²) in [5.41, 5.74) is -0.436. The highest BCUT2D eigenvalue weighted by molar-refractivity contribution is 5.34. The van der Waals surface area contributed by atoms with E-state index in [0.29, 0.717) is 12.1 Å². The van der Waals surface area contributed by atoms with Gasteiger partial charge in [0, 0.05) is 5.69 Å². The molecule has 0 aliphatic heterocycles. The molecule has 0 N–H and O–H groups in total. The Morgan fingerprint density at radius 2 is 2.07 bits per heavy atom. The third-order valence-corrected chi connectivity index (χ3v) is 1.77. The minimum Gasteiger partial charge on any atom is -0.491 e. The van der Waals surface area contributed by atoms with Crippen LogP contribution in [0.4, 0.5) is 13.2 Å². The van der Waals surface area contributed by atoms with Gasteiger partial charge in [0.05, 0.1) is 12.8 Å². The van der Waals surface area contributed by atoms with Crippen molar-refractivity contribution in [2.24, 2.45) is 0 Å². The summed E-state index contributed by atoms with van der Waals surface area (Å²) < 4.78 is 42.6. The van der Waals surface area contributed by atoms with E-state index in [1.807, 2.05) is 6.92 Å². The number of pyridine rings is 1. The molecule has 5 heteroatoms. The van der Waals surface area contributed by atoms with E-state index < -0.39 is 11.7 Å². The second kappa shape index (κ2) is 4.51. The smallest absolute Gasteiger partial charge is 0.420 e. The van der Waals surface area contributed by atoms with Gasteiger partial charge in [-0.15, -0.1) is 0 Å². The minimum absolute atomic E-state index is 0.199. The van der Waals surface area contributed by atoms with Gasteiger partial charge >= 0.3 is 6.18 Å². The lowest BCUT2D eigenvalue weighted by molar-refractivity contribution is -0.139. The Kier molecular flexibility index (Phi) is 3.55. The molecule has 0 saturated heterocycles. The summed E-state index contributed by atoms with van der Waals surface area (Å²) >= 11 is 0. The number of aromatic nitrogens is 1. The monoisotopic (exact) mass is 219 g/mol. The van der Waals surface area contributed by atoms with Crippen molar-refractivity contribution >= 4 is 0 Å². The van der Waals surface area contributed by atoms with E-state index in [2.05, 4.69) is 4.98 Å². The molecule has 0 aromatic carbocycles. The van der Waals surface area contributed by atoms with Crippen LogP contribution in [0.5, 0.6) is 5.75 Å². The molecular formula is C10H12F3NO. The van der Waals surface area contributed by atoms with Crippen molar-refractivity contribution in [1.29, 1.82) is 0 Å². The predicted octanol–water partition coefficient (Wildman–Crippen LogP) is 3.20. The third kappa shape index (κ3) is 3.11. The van der Waals surface area contributed by atoms with E-state index in [1.54, 1.807) is 0 Å². The zero-order valence-electron chi connectivity index (χ0n) is 8.56. The molecular weight excluding hydrogens is 207 g/mol. The number of aryl methyl sites for hydroxylation is 1. The molecule has 15 heavy (non-hydrogen) atoms. The summed E-state index contributed by atoms with van der Waals surface area (Å²) in [6.45, 7) is 3.60. The first-order chi connectivity index (χ1) is 6.95. The number of halogens is 3. The zero-order chi connectivity index (χ0) is 11.5. The maximum absolute atomic E-state index is 12.5. The molecule has 0 atom stereocenters. The van der Waals surface area contributed by atoms with Gasteiger partial charge in [0.25, 0.3) is 0 Å². The molecule has 0 amide bonds. The van der Waals surface area contributed by atoms with Gasteiger partial charge < -0.3 is 4.74 Å². The quantitative estimate of drug-likeness (QED) is 0.778. The van der Waals surface area contributed by atoms with Crippen molar-refractivity contribution in [2.75, 3.05) is 6.61 Å². The lowest BCUT2D eigenvalue weighted by Gasteiger charge is -2.13. The van der Waals surface area contributed by atoms with E-state index >= 15 is 0 Å². The van der Waals surface area contributed by atoms with Crippen LogP contribution in [0.3, 0.4) is 0 Å². The van der Waals surface area contributed by atoms with E-state index in [-0.39, 0.29) is 12.4 Å². The van der Waals surface area contributed by atoms with E-state index in [0.717, 1.165) is 12.3 Å². The molecule has 0 aliphatic carbocycles. The zero-order valence-corrected chi connectivity index (χ0v) is 8.56. The topological polar surface area (TPSA) is 22.1 Å². The Balaban J connectivity index is 3.04. The van der Waals surface area contributed by atoms with Crippen LogP contribution in [0.2, 0.25) is 0 Å². The molecule has 84 valence electrons. The Morgan fingerprint density at radius 1 is 1.40 bits per heavy atom. The maximum Gasteiger partial charge on any atom is 0.420 e. The lowest BCUT2D eigenvalue weighted by atomic mass is 10.2. The summed E-state index contributed by atoms with van der Waals surface area (Å²) in [4.78, 5) is 3.78. The van der Waals surface area contributed by atoms with Gasteiger partial charge in [-0.25, -0.2) is 0 Å². The Bertz CT molecular complexity index is 336. The number of hydrogen-bond acceptors (Lipinski definition) is 2. The van der Waals surface area contributed by atoms with Crippen molar-refractivity contribution < 1.29 is 17.9 Å². The fourth-order valence-corrected chi connectivity index (χ4v) is 1.10. The van der Waals surface area contributed by atoms with Gasteiger partial charge in [0.1, 0.15) is 11.3 Å². The van der Waals surface area contributed by atoms with Gasteiger partial charge in [0.15, 0.2) is 0 Å². The molecule has 1 heterocycles. The van der Waals surface area contributed by atoms with Gasteiger partial charge in [-0.05, 0) is 19.4 Å². The van der Waals surface area contributed by atoms with Crippen LogP contribution in [0.25, 0.3) is 0 Å². The summed E-state index contributed by atoms with van der Waals surface area (Å²) in [5, 5.41) is 0. The van der Waals surface area contributed by atoms with Crippen molar-refractivity contribution in [1.82, 2.24) is 4.98 Å². The maximum atomic E-state index is 12.5. The molecule has 1 aromatic heterocycles. The van der Waals surface area contributed by atoms with Crippen molar-refractivity contribution in [3.8, 4) is 5.75 Å². The summed E-state index contributed by atoms with van der Waals surface area (Å²) in [7, 11) is 0. The van der Waals surface area contributed by atoms with Gasteiger partial charge in [-0.3, -0.25) is 4.98 Å². The molecule has 0 unspecified atom stereocenters. The number of ether oxygens (including phenoxy) is 1. The van der Waals surface area contributed by atoms with Crippen molar-refractivity contribution in [3.63, 3.8) is 0 Å². The van der Waals surface area contributed by atoms with E-state index in [9.17, 15) is 13.2 Å². The Labute approximate surface area is 86.1 Å². The molecule has 1 rings (SSSR count). The second-order valence-electron chi connectivity index (χ2n) is 3.17. The third-order valence-electron chi connectivity index (χ3n) is 1.77. The van der Waals surface area contributed by atoms with E-state index in [4.69, 9.17) is 4.74 Å². The number of nitrogens with zero attached hydrogens (tertiary/aromatic N) is 1. The average molecular weight is 219 g/mol. The fraction of sp³-hybridized carbons (Fsp3) is 0.500. The van der Waals surface area contributed by atoms with Crippen molar-refractivity contribution in [2.45, 2.75) is 26.4 Å². The molecule has 0 saturated carbocycles. The van der Waals surface area contributed by atoms with Crippen LogP contribution < -0.4 is 4.74 Å². The van der Waals surface area contributed by atoms with Crippen molar-refractivity contribution in [3.05, 3.63) is 23.5 Å². The Hall–Kier alpha value is -1.26. The molecule has 0 spiro atoms. The fourth-order valence-electron chi connectivity index (χ4n) is 1.10. The molecule has 0 fully saturated rings. The normalized spacial score (nSPS) is 11.5. The minimum atomic E-state index is -4.39. The van der Waals surface area contributed by atoms with Crippen LogP contribution in [-0.2, 0) is 6.18 Å². The van der Waals surface area contributed by atoms with Crippen LogP contribution in [0, 0.1) is 6.92 Å². The number of alkyl halides is 3. The molecule has 0 radical (unpaired) electrons. The SMILES string of the molecule is CCCOc1cnc(C)cc1C(F)(F)F. The molecule has 0 bridgehead atoms. The van der Waals surface area contributed by atoms with Gasteiger partial charge in [0.2, 0.25) is 0 Å². The van der Waals surface area contributed by atoms with Crippen LogP contribution >= 0.6 is 0 Å². The largest absolute Gasteiger partial charge is 0.491 e. The first-order valence-electron chi connectivity index (χ1n) is 4.61. The first kappa shape index (κ1) is 11.8. The van der Waals surface area contributed by atoms with E-state index in [1.165, 1.54) is 6.92 Å². The molecule has 0 aliphatic rings. The van der Waals surface area contributed by atoms with Crippen LogP contribution in [0.15, 0.2) is 12.3 Å². The second-order valence-corrected chi connectivity index (χ2v) is 3.17. The van der Waals surface area contributed by atoms with Crippen LogP contribution in [-0.4, -0.2) is 11.6 Å². The molecule has 1 aromatic rings. The standard InChI is InChI=1S/C10H12F3NO/c1-3-4-15-9-6-14-7(2)5-8(9)10(11,12)13/h5-6H,3-4H2,1-2H3. The van der Waals surface area contributed by atoms with Crippen LogP contribution in [0.1, 0.15) is 24.6 Å². The summed E-state index contributed by atoms with van der Waals surface area (Å²) in [5.74, 6) is -0.199. The summed E-state index contributed by atoms with van der Waals surface area (Å²) in [6, 6.07) is 0.991. The Morgan fingerprint density at radius 3 is 2.60 bits per heavy atom. The first-order valence-corrected chi connectivity index (χ1v) is 4.61. The highest BCUT2D eigenvalue weighted by atomic mass is 19.4. The molecule has 2 nitrogen and oxygen atoms in total. The number of hydrogen-bond donors (Lipinski definition) is 0. The average Bonchev–Trinajstić information content (AvgIpc) is 2.14. The van der Waals surface area contributed by atoms with Gasteiger partial charge in [-0.1, -0.05) is 6.92 Å². The highest BCUT2D eigenvalue weighted by Crippen LogP contribution is 2.36. The summed E-state index contributed by atoms with van der Waals surface area (Å²) in [6.07, 6.45) is -2.62. The predicted molar refractivity (Wildman–Crippen MR) is 49.8 cm³/mol. The van der Waals surface area contributed by atoms with Gasteiger partial charge in [-0.2, -0.15) is 13.2 Å². The highest BCUT2D eigenvalue weighted by Gasteiger charge is 2.34. The number of rotatable bonds is 3.